The quantitative estimate of drug-likeness (QED) is 0.582. The van der Waals surface area contributed by atoms with Crippen LogP contribution < -0.4 is 5.73 Å². The first-order valence-corrected chi connectivity index (χ1v) is 3.33. The first kappa shape index (κ1) is 6.15. The minimum absolute atomic E-state index is 0.487. The Kier molecular flexibility index (Phi) is 1.09. The molecule has 4 heteroatoms. The molecule has 2 heterocycles. The average molecular weight is 148 g/mol. The van der Waals surface area contributed by atoms with Gasteiger partial charge < -0.3 is 10.7 Å². The molecule has 0 spiro atoms. The van der Waals surface area contributed by atoms with Crippen LogP contribution in [0.4, 0.5) is 5.82 Å². The predicted octanol–water partition coefficient (Wildman–Crippen LogP) is 0.849. The first-order chi connectivity index (χ1) is 5.27. The highest BCUT2D eigenvalue weighted by Gasteiger charge is 2.01. The van der Waals surface area contributed by atoms with Gasteiger partial charge in [-0.2, -0.15) is 0 Å². The zero-order valence-corrected chi connectivity index (χ0v) is 6.13. The number of fused-ring (bicyclic) bond motifs is 1. The summed E-state index contributed by atoms with van der Waals surface area (Å²) < 4.78 is 0. The zero-order valence-electron chi connectivity index (χ0n) is 6.13. The zero-order chi connectivity index (χ0) is 7.84. The topological polar surface area (TPSA) is 67.6 Å². The van der Waals surface area contributed by atoms with Crippen molar-refractivity contribution in [3.8, 4) is 0 Å². The summed E-state index contributed by atoms with van der Waals surface area (Å²) >= 11 is 0. The second-order valence-corrected chi connectivity index (χ2v) is 2.45. The number of hydrogen-bond acceptors (Lipinski definition) is 3. The molecule has 0 amide bonds. The Bertz CT molecular complexity index is 390. The van der Waals surface area contributed by atoms with Crippen LogP contribution in [-0.4, -0.2) is 15.0 Å². The molecule has 2 aromatic heterocycles. The van der Waals surface area contributed by atoms with Gasteiger partial charge in [-0.15, -0.1) is 0 Å². The molecule has 0 aromatic carbocycles. The average Bonchev–Trinajstić information content (AvgIpc) is 2.34. The molecule has 0 aliphatic rings. The maximum atomic E-state index is 5.61. The monoisotopic (exact) mass is 148 g/mol. The van der Waals surface area contributed by atoms with Gasteiger partial charge in [0.1, 0.15) is 5.52 Å². The van der Waals surface area contributed by atoms with Crippen molar-refractivity contribution in [3.05, 3.63) is 18.1 Å². The molecule has 0 saturated carbocycles. The maximum Gasteiger partial charge on any atom is 0.151 e. The van der Waals surface area contributed by atoms with Gasteiger partial charge in [0, 0.05) is 5.69 Å². The summed E-state index contributed by atoms with van der Waals surface area (Å²) in [4.78, 5) is 11.1. The third kappa shape index (κ3) is 0.832. The Morgan fingerprint density at radius 1 is 1.55 bits per heavy atom. The summed E-state index contributed by atoms with van der Waals surface area (Å²) in [5, 5.41) is 0. The standard InChI is InChI=1S/C7H8N4/c1-4-2-5-6(7(8)11-4)10-3-9-5/h2-3H,1H3,(H2,8,11)(H,9,10). The molecule has 11 heavy (non-hydrogen) atoms. The fourth-order valence-corrected chi connectivity index (χ4v) is 1.10. The minimum atomic E-state index is 0.487. The third-order valence-electron chi connectivity index (χ3n) is 1.56. The highest BCUT2D eigenvalue weighted by Crippen LogP contribution is 2.14. The Labute approximate surface area is 63.5 Å². The second-order valence-electron chi connectivity index (χ2n) is 2.45. The van der Waals surface area contributed by atoms with E-state index in [4.69, 9.17) is 5.73 Å². The molecular formula is C7H8N4. The van der Waals surface area contributed by atoms with Gasteiger partial charge in [-0.05, 0) is 13.0 Å². The van der Waals surface area contributed by atoms with Crippen LogP contribution in [0.1, 0.15) is 5.69 Å². The van der Waals surface area contributed by atoms with Gasteiger partial charge in [0.2, 0.25) is 0 Å². The van der Waals surface area contributed by atoms with Gasteiger partial charge in [0.05, 0.1) is 11.8 Å². The van der Waals surface area contributed by atoms with E-state index in [1.54, 1.807) is 6.33 Å². The van der Waals surface area contributed by atoms with Crippen LogP contribution in [0.25, 0.3) is 11.0 Å². The molecule has 3 N–H and O–H groups in total. The first-order valence-electron chi connectivity index (χ1n) is 3.33. The Hall–Kier alpha value is -1.58. The van der Waals surface area contributed by atoms with Gasteiger partial charge >= 0.3 is 0 Å². The molecule has 0 fully saturated rings. The van der Waals surface area contributed by atoms with Crippen LogP contribution >= 0.6 is 0 Å². The Morgan fingerprint density at radius 2 is 2.36 bits per heavy atom. The van der Waals surface area contributed by atoms with E-state index in [2.05, 4.69) is 15.0 Å². The minimum Gasteiger partial charge on any atom is -0.382 e. The molecule has 0 saturated heterocycles. The van der Waals surface area contributed by atoms with Crippen LogP contribution in [0.2, 0.25) is 0 Å². The number of anilines is 1. The van der Waals surface area contributed by atoms with E-state index in [-0.39, 0.29) is 0 Å². The van der Waals surface area contributed by atoms with Crippen LogP contribution in [0.3, 0.4) is 0 Å². The van der Waals surface area contributed by atoms with E-state index < -0.39 is 0 Å². The van der Waals surface area contributed by atoms with E-state index in [0.717, 1.165) is 16.7 Å². The van der Waals surface area contributed by atoms with Crippen molar-refractivity contribution in [2.75, 3.05) is 5.73 Å². The number of nitrogen functional groups attached to an aromatic ring is 1. The van der Waals surface area contributed by atoms with E-state index >= 15 is 0 Å². The molecule has 0 atom stereocenters. The fraction of sp³-hybridized carbons (Fsp3) is 0.143. The number of rotatable bonds is 0. The van der Waals surface area contributed by atoms with Crippen LogP contribution in [-0.2, 0) is 0 Å². The molecule has 2 aromatic rings. The van der Waals surface area contributed by atoms with Crippen molar-refractivity contribution in [1.82, 2.24) is 15.0 Å². The van der Waals surface area contributed by atoms with E-state index in [1.165, 1.54) is 0 Å². The highest BCUT2D eigenvalue weighted by molar-refractivity contribution is 5.84. The number of nitrogens with zero attached hydrogens (tertiary/aromatic N) is 2. The van der Waals surface area contributed by atoms with Crippen molar-refractivity contribution in [3.63, 3.8) is 0 Å². The molecular weight excluding hydrogens is 140 g/mol. The van der Waals surface area contributed by atoms with E-state index in [0.29, 0.717) is 5.82 Å². The summed E-state index contributed by atoms with van der Waals surface area (Å²) in [5.41, 5.74) is 8.20. The number of hydrogen-bond donors (Lipinski definition) is 2. The Morgan fingerprint density at radius 3 is 3.18 bits per heavy atom. The number of H-pyrrole nitrogens is 1. The number of imidazole rings is 1. The number of nitrogens with two attached hydrogens (primary N) is 1. The summed E-state index contributed by atoms with van der Waals surface area (Å²) in [6.07, 6.45) is 1.61. The fourth-order valence-electron chi connectivity index (χ4n) is 1.10. The van der Waals surface area contributed by atoms with Gasteiger partial charge in [-0.25, -0.2) is 9.97 Å². The molecule has 0 bridgehead atoms. The normalized spacial score (nSPS) is 10.6. The lowest BCUT2D eigenvalue weighted by atomic mass is 10.3. The van der Waals surface area contributed by atoms with Crippen molar-refractivity contribution >= 4 is 16.9 Å². The number of aromatic amines is 1. The van der Waals surface area contributed by atoms with Crippen LogP contribution in [0, 0.1) is 6.92 Å². The molecule has 2 rings (SSSR count). The van der Waals surface area contributed by atoms with Crippen LogP contribution in [0.5, 0.6) is 0 Å². The SMILES string of the molecule is Cc1cc2[nH]cnc2c(N)n1. The molecule has 0 radical (unpaired) electrons. The van der Waals surface area contributed by atoms with Crippen LogP contribution in [0.15, 0.2) is 12.4 Å². The summed E-state index contributed by atoms with van der Waals surface area (Å²) in [5.74, 6) is 0.487. The smallest absolute Gasteiger partial charge is 0.151 e. The van der Waals surface area contributed by atoms with Gasteiger partial charge in [-0.3, -0.25) is 0 Å². The predicted molar refractivity (Wildman–Crippen MR) is 43.0 cm³/mol. The number of nitrogens with one attached hydrogen (secondary N) is 1. The van der Waals surface area contributed by atoms with E-state index in [1.807, 2.05) is 13.0 Å². The lowest BCUT2D eigenvalue weighted by Gasteiger charge is -1.95. The van der Waals surface area contributed by atoms with Crippen molar-refractivity contribution in [2.24, 2.45) is 0 Å². The Balaban J connectivity index is 2.91. The number of aromatic nitrogens is 3. The molecule has 56 valence electrons. The van der Waals surface area contributed by atoms with Crippen molar-refractivity contribution in [1.29, 1.82) is 0 Å². The molecule has 0 aliphatic heterocycles. The lowest BCUT2D eigenvalue weighted by molar-refractivity contribution is 1.22. The van der Waals surface area contributed by atoms with Gasteiger partial charge in [-0.1, -0.05) is 0 Å². The maximum absolute atomic E-state index is 5.61. The molecule has 0 unspecified atom stereocenters. The summed E-state index contributed by atoms with van der Waals surface area (Å²) in [6.45, 7) is 1.90. The molecule has 4 nitrogen and oxygen atoms in total. The summed E-state index contributed by atoms with van der Waals surface area (Å²) in [6, 6.07) is 1.92. The highest BCUT2D eigenvalue weighted by atomic mass is 14.9. The lowest BCUT2D eigenvalue weighted by Crippen LogP contribution is -1.93. The van der Waals surface area contributed by atoms with Gasteiger partial charge in [0.25, 0.3) is 0 Å². The third-order valence-corrected chi connectivity index (χ3v) is 1.56. The number of aryl methyl sites for hydroxylation is 1. The van der Waals surface area contributed by atoms with Gasteiger partial charge in [0.15, 0.2) is 5.82 Å². The summed E-state index contributed by atoms with van der Waals surface area (Å²) in [7, 11) is 0. The molecule has 0 aliphatic carbocycles. The second kappa shape index (κ2) is 1.95. The van der Waals surface area contributed by atoms with Crippen molar-refractivity contribution in [2.45, 2.75) is 6.92 Å². The van der Waals surface area contributed by atoms with Crippen molar-refractivity contribution < 1.29 is 0 Å². The largest absolute Gasteiger partial charge is 0.382 e. The number of pyridine rings is 1. The van der Waals surface area contributed by atoms with E-state index in [9.17, 15) is 0 Å².